The maximum Gasteiger partial charge on any atom is 0.271 e. The predicted octanol–water partition coefficient (Wildman–Crippen LogP) is 6.93. The molecule has 1 aliphatic rings. The van der Waals surface area contributed by atoms with Crippen LogP contribution in [0.2, 0.25) is 0 Å². The van der Waals surface area contributed by atoms with Gasteiger partial charge in [-0.3, -0.25) is 14.2 Å². The average Bonchev–Trinajstić information content (AvgIpc) is 3.38. The molecule has 1 aromatic heterocycles. The van der Waals surface area contributed by atoms with Crippen LogP contribution in [0.1, 0.15) is 42.1 Å². The number of hydrogen-bond acceptors (Lipinski definition) is 7. The van der Waals surface area contributed by atoms with Crippen molar-refractivity contribution in [2.75, 3.05) is 11.9 Å². The summed E-state index contributed by atoms with van der Waals surface area (Å²) < 4.78 is 15.7. The highest BCUT2D eigenvalue weighted by Gasteiger charge is 2.32. The number of carbonyl (C=O) groups is 1. The topological polar surface area (TPSA) is 106 Å². The molecule has 2 heterocycles. The molecule has 0 saturated carbocycles. The number of fused-ring (bicyclic) bond motifs is 1. The van der Waals surface area contributed by atoms with Crippen LogP contribution in [-0.2, 0) is 11.4 Å². The van der Waals surface area contributed by atoms with E-state index in [0.717, 1.165) is 29.6 Å². The zero-order valence-corrected chi connectivity index (χ0v) is 31.0. The Morgan fingerprint density at radius 3 is 2.35 bits per heavy atom. The van der Waals surface area contributed by atoms with Crippen LogP contribution < -0.4 is 29.7 Å². The van der Waals surface area contributed by atoms with Crippen LogP contribution in [0.4, 0.5) is 5.69 Å². The number of benzene rings is 4. The van der Waals surface area contributed by atoms with E-state index >= 15 is 0 Å². The maximum atomic E-state index is 14.2. The summed E-state index contributed by atoms with van der Waals surface area (Å²) in [6.07, 6.45) is 1.86. The number of nitrogens with one attached hydrogen (secondary N) is 1. The highest BCUT2D eigenvalue weighted by atomic mass is 127. The molecule has 5 aromatic rings. The molecule has 0 fully saturated rings. The molecular formula is C37H28I2N4O4S. The van der Waals surface area contributed by atoms with Crippen LogP contribution in [0.5, 0.6) is 11.5 Å². The number of anilines is 1. The number of nitrogens with zero attached hydrogens (tertiary/aromatic N) is 3. The molecule has 1 aliphatic heterocycles. The summed E-state index contributed by atoms with van der Waals surface area (Å²) >= 11 is 5.78. The van der Waals surface area contributed by atoms with E-state index in [1.165, 1.54) is 11.3 Å². The van der Waals surface area contributed by atoms with Gasteiger partial charge in [0, 0.05) is 5.69 Å². The molecule has 0 aliphatic carbocycles. The Morgan fingerprint density at radius 2 is 1.71 bits per heavy atom. The summed E-state index contributed by atoms with van der Waals surface area (Å²) in [4.78, 5) is 33.3. The molecule has 8 nitrogen and oxygen atoms in total. The molecule has 4 aromatic carbocycles. The molecule has 0 unspecified atom stereocenters. The van der Waals surface area contributed by atoms with E-state index < -0.39 is 6.04 Å². The number of halogens is 2. The van der Waals surface area contributed by atoms with Crippen LogP contribution >= 0.6 is 56.5 Å². The van der Waals surface area contributed by atoms with E-state index in [9.17, 15) is 9.59 Å². The first-order valence-corrected chi connectivity index (χ1v) is 18.0. The van der Waals surface area contributed by atoms with E-state index in [4.69, 9.17) is 19.7 Å². The van der Waals surface area contributed by atoms with Crippen molar-refractivity contribution in [2.24, 2.45) is 4.99 Å². The fourth-order valence-electron chi connectivity index (χ4n) is 5.34. The number of nitriles is 1. The van der Waals surface area contributed by atoms with Gasteiger partial charge in [-0.15, -0.1) is 0 Å². The first kappa shape index (κ1) is 33.6. The minimum atomic E-state index is -0.693. The normalized spacial score (nSPS) is 14.1. The van der Waals surface area contributed by atoms with Gasteiger partial charge in [-0.05, 0) is 130 Å². The number of rotatable bonds is 9. The van der Waals surface area contributed by atoms with Gasteiger partial charge in [-0.25, -0.2) is 4.99 Å². The average molecular weight is 879 g/mol. The number of para-hydroxylation sites is 1. The summed E-state index contributed by atoms with van der Waals surface area (Å²) in [6, 6.07) is 29.4. The summed E-state index contributed by atoms with van der Waals surface area (Å²) in [5.74, 6) is 1.13. The van der Waals surface area contributed by atoms with Gasteiger partial charge < -0.3 is 14.8 Å². The van der Waals surface area contributed by atoms with Crippen molar-refractivity contribution in [2.45, 2.75) is 26.5 Å². The zero-order chi connectivity index (χ0) is 33.8. The van der Waals surface area contributed by atoms with Crippen LogP contribution in [-0.4, -0.2) is 17.1 Å². The smallest absolute Gasteiger partial charge is 0.271 e. The highest BCUT2D eigenvalue weighted by Crippen LogP contribution is 2.33. The lowest BCUT2D eigenvalue weighted by atomic mass is 9.95. The molecular weight excluding hydrogens is 850 g/mol. The molecule has 0 spiro atoms. The standard InChI is InChI=1S/C37H28I2N4O4S/c1-3-46-28-15-13-26(14-16-28)33-32(35(44)42-27-7-5-4-6-8-27)22(2)41-37-43(33)36(45)31(48-37)19-25-17-29(38)34(30(39)18-25)47-21-24-11-9-23(20-40)10-12-24/h4-19,33H,3,21H2,1-2H3,(H,42,44)/b31-19-/t33-/m0/s1. The lowest BCUT2D eigenvalue weighted by Gasteiger charge is -2.25. The summed E-state index contributed by atoms with van der Waals surface area (Å²) in [5.41, 5.74) is 4.53. The van der Waals surface area contributed by atoms with Crippen molar-refractivity contribution in [3.8, 4) is 17.6 Å². The zero-order valence-electron chi connectivity index (χ0n) is 25.9. The fourth-order valence-corrected chi connectivity index (χ4v) is 8.52. The second-order valence-electron chi connectivity index (χ2n) is 10.8. The van der Waals surface area contributed by atoms with E-state index in [-0.39, 0.29) is 11.5 Å². The van der Waals surface area contributed by atoms with Gasteiger partial charge in [-0.1, -0.05) is 53.8 Å². The van der Waals surface area contributed by atoms with Gasteiger partial charge >= 0.3 is 0 Å². The Hall–Kier alpha value is -4.26. The van der Waals surface area contributed by atoms with Crippen LogP contribution in [0.15, 0.2) is 112 Å². The van der Waals surface area contributed by atoms with Crippen molar-refractivity contribution in [3.63, 3.8) is 0 Å². The summed E-state index contributed by atoms with van der Waals surface area (Å²) in [5, 5.41) is 12.0. The van der Waals surface area contributed by atoms with Gasteiger partial charge in [0.25, 0.3) is 11.5 Å². The largest absolute Gasteiger partial charge is 0.494 e. The molecule has 0 bridgehead atoms. The van der Waals surface area contributed by atoms with E-state index in [1.807, 2.05) is 91.9 Å². The quantitative estimate of drug-likeness (QED) is 0.162. The van der Waals surface area contributed by atoms with E-state index in [2.05, 4.69) is 56.6 Å². The molecule has 1 atom stereocenters. The molecule has 1 N–H and O–H groups in total. The Kier molecular flexibility index (Phi) is 10.4. The number of thiazole rings is 1. The molecule has 6 rings (SSSR count). The lowest BCUT2D eigenvalue weighted by Crippen LogP contribution is -2.40. The molecule has 0 radical (unpaired) electrons. The van der Waals surface area contributed by atoms with Gasteiger partial charge in [0.2, 0.25) is 0 Å². The van der Waals surface area contributed by atoms with E-state index in [1.54, 1.807) is 23.6 Å². The van der Waals surface area contributed by atoms with Crippen LogP contribution in [0, 0.1) is 18.5 Å². The number of carbonyl (C=O) groups excluding carboxylic acids is 1. The highest BCUT2D eigenvalue weighted by molar-refractivity contribution is 14.1. The molecule has 0 saturated heterocycles. The van der Waals surface area contributed by atoms with Gasteiger partial charge in [-0.2, -0.15) is 5.26 Å². The predicted molar refractivity (Wildman–Crippen MR) is 204 cm³/mol. The second-order valence-corrected chi connectivity index (χ2v) is 14.1. The third-order valence-corrected chi connectivity index (χ3v) is 10.2. The Morgan fingerprint density at radius 1 is 1.02 bits per heavy atom. The second kappa shape index (κ2) is 14.9. The third kappa shape index (κ3) is 7.25. The molecule has 48 heavy (non-hydrogen) atoms. The minimum absolute atomic E-state index is 0.235. The van der Waals surface area contributed by atoms with Crippen molar-refractivity contribution in [1.82, 2.24) is 4.57 Å². The van der Waals surface area contributed by atoms with Crippen molar-refractivity contribution in [3.05, 3.63) is 151 Å². The molecule has 1 amide bonds. The number of hydrogen-bond donors (Lipinski definition) is 1. The first-order chi connectivity index (χ1) is 23.2. The number of amides is 1. The van der Waals surface area contributed by atoms with Crippen molar-refractivity contribution < 1.29 is 14.3 Å². The van der Waals surface area contributed by atoms with Crippen molar-refractivity contribution in [1.29, 1.82) is 5.26 Å². The monoisotopic (exact) mass is 878 g/mol. The number of ether oxygens (including phenoxy) is 2. The Balaban J connectivity index is 1.37. The maximum absolute atomic E-state index is 14.2. The Bertz CT molecular complexity index is 2230. The first-order valence-electron chi connectivity index (χ1n) is 15.0. The molecule has 240 valence electrons. The number of aromatic nitrogens is 1. The minimum Gasteiger partial charge on any atom is -0.494 e. The SMILES string of the molecule is CCOc1ccc([C@H]2C(C(=O)Nc3ccccc3)=C(C)N=c3s/c(=C\c4cc(I)c(OCc5ccc(C#N)cc5)c(I)c4)c(=O)n32)cc1. The van der Waals surface area contributed by atoms with Gasteiger partial charge in [0.05, 0.1) is 47.2 Å². The summed E-state index contributed by atoms with van der Waals surface area (Å²) in [7, 11) is 0. The van der Waals surface area contributed by atoms with E-state index in [0.29, 0.717) is 50.8 Å². The Labute approximate surface area is 308 Å². The summed E-state index contributed by atoms with van der Waals surface area (Å²) in [6.45, 7) is 4.62. The van der Waals surface area contributed by atoms with Gasteiger partial charge in [0.15, 0.2) is 4.80 Å². The molecule has 11 heteroatoms. The van der Waals surface area contributed by atoms with Crippen molar-refractivity contribution >= 4 is 74.2 Å². The van der Waals surface area contributed by atoms with Crippen LogP contribution in [0.25, 0.3) is 6.08 Å². The third-order valence-electron chi connectivity index (χ3n) is 7.59. The van der Waals surface area contributed by atoms with Gasteiger partial charge in [0.1, 0.15) is 18.1 Å². The van der Waals surface area contributed by atoms with Crippen LogP contribution in [0.3, 0.4) is 0 Å². The number of allylic oxidation sites excluding steroid dienone is 1. The fraction of sp³-hybridized carbons (Fsp3) is 0.135. The lowest BCUT2D eigenvalue weighted by molar-refractivity contribution is -0.113.